The number of ether oxygens (including phenoxy) is 1. The Bertz CT molecular complexity index is 284. The summed E-state index contributed by atoms with van der Waals surface area (Å²) >= 11 is 0. The summed E-state index contributed by atoms with van der Waals surface area (Å²) in [6, 6.07) is 0. The number of carboxylic acids is 1. The van der Waals surface area contributed by atoms with Crippen LogP contribution in [0.25, 0.3) is 0 Å². The van der Waals surface area contributed by atoms with E-state index >= 15 is 0 Å². The molecule has 0 aliphatic heterocycles. The summed E-state index contributed by atoms with van der Waals surface area (Å²) in [6.07, 6.45) is 10.2. The Hall–Kier alpha value is -0.870. The largest absolute Gasteiger partial charge is 0.481 e. The van der Waals surface area contributed by atoms with Crippen molar-refractivity contribution in [1.29, 1.82) is 0 Å². The van der Waals surface area contributed by atoms with E-state index in [2.05, 4.69) is 27.7 Å². The highest BCUT2D eigenvalue weighted by atomic mass is 16.5. The summed E-state index contributed by atoms with van der Waals surface area (Å²) in [6.45, 7) is 5.12. The Labute approximate surface area is 130 Å². The molecule has 1 atom stereocenters. The summed E-state index contributed by atoms with van der Waals surface area (Å²) in [4.78, 5) is 10.9. The van der Waals surface area contributed by atoms with Crippen LogP contribution < -0.4 is 0 Å². The fourth-order valence-corrected chi connectivity index (χ4v) is 2.33. The first-order chi connectivity index (χ1) is 9.85. The average molecular weight is 300 g/mol. The number of carboxylic acid groups (broad SMARTS) is 1. The van der Waals surface area contributed by atoms with E-state index in [1.807, 2.05) is 6.08 Å². The maximum Gasteiger partial charge on any atom is 0.306 e. The topological polar surface area (TPSA) is 46.5 Å². The Morgan fingerprint density at radius 2 is 1.71 bits per heavy atom. The van der Waals surface area contributed by atoms with Crippen LogP contribution in [-0.2, 0) is 9.53 Å². The first-order valence-corrected chi connectivity index (χ1v) is 8.10. The molecule has 0 saturated carbocycles. The zero-order valence-corrected chi connectivity index (χ0v) is 14.1. The van der Waals surface area contributed by atoms with E-state index in [9.17, 15) is 4.79 Å². The van der Waals surface area contributed by atoms with Gasteiger partial charge in [0.2, 0.25) is 0 Å². The van der Waals surface area contributed by atoms with Gasteiger partial charge >= 0.3 is 5.97 Å². The van der Waals surface area contributed by atoms with Gasteiger partial charge in [-0.1, -0.05) is 31.8 Å². The van der Waals surface area contributed by atoms with Crippen LogP contribution in [0.3, 0.4) is 0 Å². The summed E-state index contributed by atoms with van der Waals surface area (Å²) in [5.74, 6) is -0.782. The van der Waals surface area contributed by atoms with Gasteiger partial charge in [-0.25, -0.2) is 0 Å². The minimum Gasteiger partial charge on any atom is -0.481 e. The van der Waals surface area contributed by atoms with Crippen LogP contribution in [0.2, 0.25) is 0 Å². The third-order valence-electron chi connectivity index (χ3n) is 3.31. The lowest BCUT2D eigenvalue weighted by Gasteiger charge is -2.28. The lowest BCUT2D eigenvalue weighted by molar-refractivity contribution is -0.873. The molecule has 0 aromatic heterocycles. The normalized spacial score (nSPS) is 13.1. The maximum atomic E-state index is 10.9. The number of unbranched alkanes of at least 4 members (excludes halogenated alkanes) is 6. The summed E-state index contributed by atoms with van der Waals surface area (Å²) in [7, 11) is 6.17. The highest BCUT2D eigenvalue weighted by Crippen LogP contribution is 2.09. The molecule has 0 aromatic rings. The molecule has 0 spiro atoms. The quantitative estimate of drug-likeness (QED) is 0.303. The minimum atomic E-state index is -0.782. The van der Waals surface area contributed by atoms with Gasteiger partial charge in [0.15, 0.2) is 0 Å². The predicted molar refractivity (Wildman–Crippen MR) is 87.4 cm³/mol. The Morgan fingerprint density at radius 1 is 1.14 bits per heavy atom. The molecular weight excluding hydrogens is 266 g/mol. The fraction of sp³-hybridized carbons (Fsp3) is 0.824. The Balaban J connectivity index is 3.68. The first-order valence-electron chi connectivity index (χ1n) is 8.10. The van der Waals surface area contributed by atoms with E-state index in [1.54, 1.807) is 0 Å². The molecule has 21 heavy (non-hydrogen) atoms. The highest BCUT2D eigenvalue weighted by Gasteiger charge is 2.21. The van der Waals surface area contributed by atoms with Crippen molar-refractivity contribution in [2.75, 3.05) is 34.3 Å². The van der Waals surface area contributed by atoms with E-state index < -0.39 is 5.97 Å². The van der Waals surface area contributed by atoms with E-state index in [0.29, 0.717) is 6.61 Å². The summed E-state index contributed by atoms with van der Waals surface area (Å²) in [5.41, 5.74) is 0. The number of quaternary nitrogens is 1. The third-order valence-corrected chi connectivity index (χ3v) is 3.31. The van der Waals surface area contributed by atoms with Gasteiger partial charge in [0.05, 0.1) is 27.6 Å². The number of hydrogen-bond acceptors (Lipinski definition) is 2. The van der Waals surface area contributed by atoms with Crippen LogP contribution in [0, 0.1) is 0 Å². The molecule has 4 nitrogen and oxygen atoms in total. The second-order valence-electron chi connectivity index (χ2n) is 6.76. The van der Waals surface area contributed by atoms with Crippen molar-refractivity contribution in [3.8, 4) is 0 Å². The Morgan fingerprint density at radius 3 is 2.24 bits per heavy atom. The zero-order chi connectivity index (χ0) is 16.1. The van der Waals surface area contributed by atoms with E-state index in [-0.39, 0.29) is 12.5 Å². The van der Waals surface area contributed by atoms with Crippen molar-refractivity contribution in [2.45, 2.75) is 57.5 Å². The standard InChI is InChI=1S/C17H33NO3/c1-5-6-7-8-9-10-11-12-13-21-16(14-17(19)20)15-18(2,3)4/h5,16H,1,6-15H2,2-4H3/p+1. The number of hydrogen-bond donors (Lipinski definition) is 1. The molecule has 0 aromatic carbocycles. The van der Waals surface area contributed by atoms with Crippen LogP contribution in [0.1, 0.15) is 51.4 Å². The molecule has 4 heteroatoms. The molecule has 0 heterocycles. The predicted octanol–water partition coefficient (Wildman–Crippen LogP) is 3.47. The second kappa shape index (κ2) is 11.8. The molecule has 1 unspecified atom stereocenters. The Kier molecular flexibility index (Phi) is 11.3. The number of carbonyl (C=O) groups is 1. The molecule has 0 saturated heterocycles. The van der Waals surface area contributed by atoms with Crippen molar-refractivity contribution in [3.05, 3.63) is 12.7 Å². The van der Waals surface area contributed by atoms with Crippen LogP contribution in [-0.4, -0.2) is 56.0 Å². The summed E-state index contributed by atoms with van der Waals surface area (Å²) < 4.78 is 6.49. The van der Waals surface area contributed by atoms with Gasteiger partial charge < -0.3 is 14.3 Å². The molecule has 124 valence electrons. The van der Waals surface area contributed by atoms with Crippen LogP contribution in [0.15, 0.2) is 12.7 Å². The van der Waals surface area contributed by atoms with Gasteiger partial charge in [-0.2, -0.15) is 0 Å². The van der Waals surface area contributed by atoms with Crippen molar-refractivity contribution < 1.29 is 19.1 Å². The molecule has 0 aliphatic carbocycles. The fourth-order valence-electron chi connectivity index (χ4n) is 2.33. The van der Waals surface area contributed by atoms with Crippen molar-refractivity contribution >= 4 is 5.97 Å². The van der Waals surface area contributed by atoms with Crippen LogP contribution in [0.5, 0.6) is 0 Å². The number of aliphatic carboxylic acids is 1. The van der Waals surface area contributed by atoms with Gasteiger partial charge in [0.25, 0.3) is 0 Å². The van der Waals surface area contributed by atoms with Gasteiger partial charge in [-0.15, -0.1) is 6.58 Å². The second-order valence-corrected chi connectivity index (χ2v) is 6.76. The molecular formula is C17H34NO3+. The van der Waals surface area contributed by atoms with Crippen LogP contribution in [0.4, 0.5) is 0 Å². The smallest absolute Gasteiger partial charge is 0.306 e. The summed E-state index contributed by atoms with van der Waals surface area (Å²) in [5, 5.41) is 8.93. The van der Waals surface area contributed by atoms with Gasteiger partial charge in [0.1, 0.15) is 12.6 Å². The molecule has 1 N–H and O–H groups in total. The SMILES string of the molecule is C=CCCCCCCCCOC(CC(=O)O)C[N+](C)(C)C. The number of likely N-dealkylation sites (N-methyl/N-ethyl adjacent to an activating group) is 1. The highest BCUT2D eigenvalue weighted by molar-refractivity contribution is 5.67. The lowest BCUT2D eigenvalue weighted by Crippen LogP contribution is -2.43. The van der Waals surface area contributed by atoms with Gasteiger partial charge in [-0.3, -0.25) is 4.79 Å². The molecule has 0 aliphatic rings. The maximum absolute atomic E-state index is 10.9. The number of nitrogens with zero attached hydrogens (tertiary/aromatic N) is 1. The molecule has 0 amide bonds. The third kappa shape index (κ3) is 15.3. The van der Waals surface area contributed by atoms with E-state index in [0.717, 1.165) is 30.3 Å². The van der Waals surface area contributed by atoms with Gasteiger partial charge in [0, 0.05) is 6.61 Å². The molecule has 0 radical (unpaired) electrons. The van der Waals surface area contributed by atoms with E-state index in [4.69, 9.17) is 9.84 Å². The monoisotopic (exact) mass is 300 g/mol. The molecule has 0 fully saturated rings. The van der Waals surface area contributed by atoms with Crippen molar-refractivity contribution in [2.24, 2.45) is 0 Å². The first kappa shape index (κ1) is 20.1. The number of allylic oxidation sites excluding steroid dienone is 1. The number of rotatable bonds is 14. The van der Waals surface area contributed by atoms with Gasteiger partial charge in [-0.05, 0) is 19.3 Å². The zero-order valence-electron chi connectivity index (χ0n) is 14.1. The average Bonchev–Trinajstić information content (AvgIpc) is 2.34. The van der Waals surface area contributed by atoms with E-state index in [1.165, 1.54) is 25.7 Å². The lowest BCUT2D eigenvalue weighted by atomic mass is 10.1. The molecule has 0 bridgehead atoms. The molecule has 0 rings (SSSR count). The minimum absolute atomic E-state index is 0.0943. The van der Waals surface area contributed by atoms with Crippen molar-refractivity contribution in [3.63, 3.8) is 0 Å². The van der Waals surface area contributed by atoms with Crippen LogP contribution >= 0.6 is 0 Å². The van der Waals surface area contributed by atoms with Crippen molar-refractivity contribution in [1.82, 2.24) is 0 Å².